The lowest BCUT2D eigenvalue weighted by molar-refractivity contribution is -0.137. The van der Waals surface area contributed by atoms with Gasteiger partial charge in [0.2, 0.25) is 0 Å². The highest BCUT2D eigenvalue weighted by Gasteiger charge is 2.31. The van der Waals surface area contributed by atoms with E-state index in [1.165, 1.54) is 6.07 Å². The van der Waals surface area contributed by atoms with Crippen molar-refractivity contribution in [3.63, 3.8) is 0 Å². The highest BCUT2D eigenvalue weighted by Crippen LogP contribution is 2.29. The summed E-state index contributed by atoms with van der Waals surface area (Å²) in [4.78, 5) is 6.33. The fourth-order valence-corrected chi connectivity index (χ4v) is 3.14. The Kier molecular flexibility index (Phi) is 4.54. The summed E-state index contributed by atoms with van der Waals surface area (Å²) in [5, 5.41) is 3.24. The molecule has 3 heterocycles. The van der Waals surface area contributed by atoms with Gasteiger partial charge >= 0.3 is 6.18 Å². The molecular weight excluding hydrogens is 295 g/mol. The summed E-state index contributed by atoms with van der Waals surface area (Å²) >= 11 is 0. The van der Waals surface area contributed by atoms with Crippen molar-refractivity contribution in [3.8, 4) is 0 Å². The summed E-state index contributed by atoms with van der Waals surface area (Å²) in [5.74, 6) is 0.506. The number of hydrogen-bond acceptors (Lipinski definition) is 4. The average molecular weight is 315 g/mol. The van der Waals surface area contributed by atoms with Gasteiger partial charge in [-0.05, 0) is 31.4 Å². The van der Waals surface area contributed by atoms with Gasteiger partial charge in [-0.25, -0.2) is 4.98 Å². The lowest BCUT2D eigenvalue weighted by atomic mass is 10.1. The van der Waals surface area contributed by atoms with Crippen LogP contribution in [0.4, 0.5) is 19.0 Å². The van der Waals surface area contributed by atoms with Gasteiger partial charge in [0.1, 0.15) is 5.82 Å². The summed E-state index contributed by atoms with van der Waals surface area (Å²) in [5.41, 5.74) is -0.715. The molecule has 122 valence electrons. The molecular formula is C15H20F3N3O. The Bertz CT molecular complexity index is 486. The molecule has 1 unspecified atom stereocenters. The van der Waals surface area contributed by atoms with E-state index < -0.39 is 11.7 Å². The van der Waals surface area contributed by atoms with E-state index in [2.05, 4.69) is 15.2 Å². The molecule has 7 heteroatoms. The number of rotatable bonds is 3. The van der Waals surface area contributed by atoms with E-state index in [-0.39, 0.29) is 6.04 Å². The molecule has 4 nitrogen and oxygen atoms in total. The van der Waals surface area contributed by atoms with Gasteiger partial charge in [0.05, 0.1) is 5.56 Å². The summed E-state index contributed by atoms with van der Waals surface area (Å²) < 4.78 is 42.9. The summed E-state index contributed by atoms with van der Waals surface area (Å²) in [6.07, 6.45) is -0.344. The van der Waals surface area contributed by atoms with Crippen molar-refractivity contribution in [3.05, 3.63) is 23.9 Å². The number of nitrogens with zero attached hydrogens (tertiary/aromatic N) is 2. The second kappa shape index (κ2) is 6.42. The van der Waals surface area contributed by atoms with Crippen molar-refractivity contribution in [2.24, 2.45) is 0 Å². The fourth-order valence-electron chi connectivity index (χ4n) is 3.14. The molecule has 0 saturated carbocycles. The highest BCUT2D eigenvalue weighted by molar-refractivity contribution is 5.37. The molecule has 2 aliphatic rings. The van der Waals surface area contributed by atoms with E-state index in [1.807, 2.05) is 0 Å². The van der Waals surface area contributed by atoms with Crippen LogP contribution in [0.25, 0.3) is 0 Å². The Morgan fingerprint density at radius 1 is 1.18 bits per heavy atom. The molecule has 1 N–H and O–H groups in total. The minimum Gasteiger partial charge on any atom is -0.381 e. The van der Waals surface area contributed by atoms with Crippen molar-refractivity contribution in [1.82, 2.24) is 9.88 Å². The third kappa shape index (κ3) is 3.70. The van der Waals surface area contributed by atoms with Crippen molar-refractivity contribution in [2.45, 2.75) is 37.5 Å². The average Bonchev–Trinajstić information content (AvgIpc) is 2.96. The van der Waals surface area contributed by atoms with Crippen LogP contribution in [-0.4, -0.2) is 48.3 Å². The molecule has 0 aliphatic carbocycles. The Hall–Kier alpha value is -1.34. The predicted molar refractivity (Wildman–Crippen MR) is 76.7 cm³/mol. The SMILES string of the molecule is FC(F)(F)c1ccc(NC2CCN(C3CCOCC3)C2)nc1. The Morgan fingerprint density at radius 3 is 2.59 bits per heavy atom. The van der Waals surface area contributed by atoms with Crippen LogP contribution in [0.3, 0.4) is 0 Å². The fraction of sp³-hybridized carbons (Fsp3) is 0.667. The van der Waals surface area contributed by atoms with Crippen molar-refractivity contribution in [2.75, 3.05) is 31.6 Å². The normalized spacial score (nSPS) is 24.6. The van der Waals surface area contributed by atoms with Crippen LogP contribution in [0, 0.1) is 0 Å². The van der Waals surface area contributed by atoms with Crippen molar-refractivity contribution >= 4 is 5.82 Å². The number of likely N-dealkylation sites (tertiary alicyclic amines) is 1. The topological polar surface area (TPSA) is 37.4 Å². The minimum atomic E-state index is -4.33. The van der Waals surface area contributed by atoms with E-state index in [1.54, 1.807) is 0 Å². The van der Waals surface area contributed by atoms with Crippen LogP contribution in [0.1, 0.15) is 24.8 Å². The number of halogens is 3. The molecule has 0 spiro atoms. The van der Waals surface area contributed by atoms with Gasteiger partial charge in [-0.1, -0.05) is 0 Å². The van der Waals surface area contributed by atoms with Crippen LogP contribution in [-0.2, 0) is 10.9 Å². The quantitative estimate of drug-likeness (QED) is 0.931. The standard InChI is InChI=1S/C15H20F3N3O/c16-15(17,18)11-1-2-14(19-9-11)20-12-3-6-21(10-12)13-4-7-22-8-5-13/h1-2,9,12-13H,3-8,10H2,(H,19,20). The monoisotopic (exact) mass is 315 g/mol. The van der Waals surface area contributed by atoms with Crippen molar-refractivity contribution in [1.29, 1.82) is 0 Å². The van der Waals surface area contributed by atoms with Gasteiger partial charge in [-0.2, -0.15) is 13.2 Å². The first-order chi connectivity index (χ1) is 10.5. The first-order valence-electron chi connectivity index (χ1n) is 7.64. The van der Waals surface area contributed by atoms with Gasteiger partial charge in [0.15, 0.2) is 0 Å². The maximum atomic E-state index is 12.5. The maximum absolute atomic E-state index is 12.5. The second-order valence-electron chi connectivity index (χ2n) is 5.90. The third-order valence-electron chi connectivity index (χ3n) is 4.37. The van der Waals surface area contributed by atoms with Gasteiger partial charge in [0, 0.05) is 44.6 Å². The summed E-state index contributed by atoms with van der Waals surface area (Å²) in [7, 11) is 0. The number of alkyl halides is 3. The lowest BCUT2D eigenvalue weighted by Crippen LogP contribution is -2.39. The molecule has 1 aromatic heterocycles. The van der Waals surface area contributed by atoms with E-state index in [0.29, 0.717) is 11.9 Å². The number of pyridine rings is 1. The first kappa shape index (κ1) is 15.6. The Morgan fingerprint density at radius 2 is 1.95 bits per heavy atom. The largest absolute Gasteiger partial charge is 0.417 e. The smallest absolute Gasteiger partial charge is 0.381 e. The van der Waals surface area contributed by atoms with Gasteiger partial charge in [-0.3, -0.25) is 4.90 Å². The second-order valence-corrected chi connectivity index (χ2v) is 5.90. The molecule has 2 aliphatic heterocycles. The number of ether oxygens (including phenoxy) is 1. The zero-order chi connectivity index (χ0) is 15.6. The lowest BCUT2D eigenvalue weighted by Gasteiger charge is -2.31. The molecule has 1 aromatic rings. The molecule has 3 rings (SSSR count). The predicted octanol–water partition coefficient (Wildman–Crippen LogP) is 2.77. The third-order valence-corrected chi connectivity index (χ3v) is 4.37. The molecule has 2 fully saturated rings. The molecule has 0 amide bonds. The molecule has 22 heavy (non-hydrogen) atoms. The van der Waals surface area contributed by atoms with E-state index >= 15 is 0 Å². The molecule has 2 saturated heterocycles. The van der Waals surface area contributed by atoms with E-state index in [9.17, 15) is 13.2 Å². The highest BCUT2D eigenvalue weighted by atomic mass is 19.4. The van der Waals surface area contributed by atoms with Crippen LogP contribution < -0.4 is 5.32 Å². The molecule has 0 radical (unpaired) electrons. The number of aromatic nitrogens is 1. The molecule has 1 atom stereocenters. The number of nitrogens with one attached hydrogen (secondary N) is 1. The summed E-state index contributed by atoms with van der Waals surface area (Å²) in [6, 6.07) is 3.29. The Balaban J connectivity index is 1.53. The van der Waals surface area contributed by atoms with Crippen LogP contribution in [0.5, 0.6) is 0 Å². The van der Waals surface area contributed by atoms with Gasteiger partial charge in [-0.15, -0.1) is 0 Å². The maximum Gasteiger partial charge on any atom is 0.417 e. The molecule has 0 bridgehead atoms. The first-order valence-corrected chi connectivity index (χ1v) is 7.64. The van der Waals surface area contributed by atoms with Gasteiger partial charge < -0.3 is 10.1 Å². The van der Waals surface area contributed by atoms with E-state index in [4.69, 9.17) is 4.74 Å². The van der Waals surface area contributed by atoms with Crippen LogP contribution in [0.2, 0.25) is 0 Å². The van der Waals surface area contributed by atoms with E-state index in [0.717, 1.165) is 57.8 Å². The number of hydrogen-bond donors (Lipinski definition) is 1. The number of anilines is 1. The molecule has 0 aromatic carbocycles. The van der Waals surface area contributed by atoms with Crippen LogP contribution in [0.15, 0.2) is 18.3 Å². The summed E-state index contributed by atoms with van der Waals surface area (Å²) in [6.45, 7) is 3.57. The van der Waals surface area contributed by atoms with Crippen molar-refractivity contribution < 1.29 is 17.9 Å². The van der Waals surface area contributed by atoms with Crippen LogP contribution >= 0.6 is 0 Å². The zero-order valence-corrected chi connectivity index (χ0v) is 12.3. The zero-order valence-electron chi connectivity index (χ0n) is 12.3. The minimum absolute atomic E-state index is 0.243. The Labute approximate surface area is 127 Å². The van der Waals surface area contributed by atoms with Gasteiger partial charge in [0.25, 0.3) is 0 Å².